The van der Waals surface area contributed by atoms with Crippen LogP contribution in [0.2, 0.25) is 0 Å². The summed E-state index contributed by atoms with van der Waals surface area (Å²) in [6.45, 7) is 4.42. The van der Waals surface area contributed by atoms with Crippen LogP contribution in [-0.4, -0.2) is 63.2 Å². The Balaban J connectivity index is 1.17. The number of piperazine rings is 1. The van der Waals surface area contributed by atoms with Crippen LogP contribution >= 0.6 is 0 Å². The number of hydrogen-bond acceptors (Lipinski definition) is 4. The van der Waals surface area contributed by atoms with Gasteiger partial charge in [-0.15, -0.1) is 0 Å². The molecule has 1 aliphatic heterocycles. The molecule has 3 heterocycles. The van der Waals surface area contributed by atoms with E-state index in [0.717, 1.165) is 66.6 Å². The van der Waals surface area contributed by atoms with Crippen molar-refractivity contribution in [2.45, 2.75) is 25.8 Å². The predicted octanol–water partition coefficient (Wildman–Crippen LogP) is 1.67. The van der Waals surface area contributed by atoms with Crippen LogP contribution in [0.5, 0.6) is 0 Å². The van der Waals surface area contributed by atoms with Crippen LogP contribution in [0.1, 0.15) is 28.0 Å². The van der Waals surface area contributed by atoms with Crippen molar-refractivity contribution in [3.63, 3.8) is 0 Å². The Morgan fingerprint density at radius 1 is 1.03 bits per heavy atom. The molecule has 7 nitrogen and oxygen atoms in total. The SMILES string of the molecule is O=C(c1ccc2cc[nH]c2c1)N1CCN(CCn2nc3c(cc2=O)CCC3)CC1. The number of carbonyl (C=O) groups excluding carboxylic acids is 1. The molecule has 1 N–H and O–H groups in total. The minimum absolute atomic E-state index is 0.000766. The van der Waals surface area contributed by atoms with Crippen molar-refractivity contribution in [3.05, 3.63) is 63.7 Å². The van der Waals surface area contributed by atoms with Crippen molar-refractivity contribution in [3.8, 4) is 0 Å². The summed E-state index contributed by atoms with van der Waals surface area (Å²) >= 11 is 0. The highest BCUT2D eigenvalue weighted by Gasteiger charge is 2.22. The van der Waals surface area contributed by atoms with Gasteiger partial charge in [0.2, 0.25) is 0 Å². The number of nitrogens with zero attached hydrogens (tertiary/aromatic N) is 4. The standard InChI is InChI=1S/C22H25N5O2/c28-21-15-17-2-1-3-19(17)24-27(21)13-10-25-8-11-26(12-9-25)22(29)18-5-4-16-6-7-23-20(16)14-18/h4-7,14-15,23H,1-3,8-13H2. The zero-order valence-corrected chi connectivity index (χ0v) is 16.4. The number of rotatable bonds is 4. The Bertz CT molecular complexity index is 1110. The molecule has 1 aliphatic carbocycles. The van der Waals surface area contributed by atoms with Gasteiger partial charge in [0.1, 0.15) is 0 Å². The molecule has 0 saturated carbocycles. The molecule has 1 aromatic carbocycles. The number of H-pyrrole nitrogens is 1. The van der Waals surface area contributed by atoms with Crippen molar-refractivity contribution < 1.29 is 4.79 Å². The van der Waals surface area contributed by atoms with E-state index >= 15 is 0 Å². The second-order valence-electron chi connectivity index (χ2n) is 7.94. The number of hydrogen-bond donors (Lipinski definition) is 1. The second-order valence-corrected chi connectivity index (χ2v) is 7.94. The number of aryl methyl sites for hydroxylation is 2. The van der Waals surface area contributed by atoms with Gasteiger partial charge in [0.05, 0.1) is 12.2 Å². The second kappa shape index (κ2) is 7.48. The normalized spacial score (nSPS) is 17.0. The average molecular weight is 391 g/mol. The van der Waals surface area contributed by atoms with Crippen LogP contribution < -0.4 is 5.56 Å². The van der Waals surface area contributed by atoms with Gasteiger partial charge in [-0.05, 0) is 48.4 Å². The molecule has 1 fully saturated rings. The van der Waals surface area contributed by atoms with Crippen LogP contribution in [0, 0.1) is 0 Å². The highest BCUT2D eigenvalue weighted by atomic mass is 16.2. The van der Waals surface area contributed by atoms with Crippen LogP contribution in [0.25, 0.3) is 10.9 Å². The highest BCUT2D eigenvalue weighted by molar-refractivity contribution is 5.98. The molecular weight excluding hydrogens is 366 g/mol. The molecule has 0 unspecified atom stereocenters. The van der Waals surface area contributed by atoms with E-state index in [2.05, 4.69) is 15.0 Å². The third kappa shape index (κ3) is 3.58. The maximum Gasteiger partial charge on any atom is 0.267 e. The van der Waals surface area contributed by atoms with Crippen LogP contribution in [0.3, 0.4) is 0 Å². The summed E-state index contributed by atoms with van der Waals surface area (Å²) in [6.07, 6.45) is 4.94. The van der Waals surface area contributed by atoms with Gasteiger partial charge in [0, 0.05) is 56.1 Å². The summed E-state index contributed by atoms with van der Waals surface area (Å²) in [6, 6.07) is 9.57. The number of fused-ring (bicyclic) bond motifs is 2. The van der Waals surface area contributed by atoms with E-state index in [1.165, 1.54) is 0 Å². The van der Waals surface area contributed by atoms with Crippen LogP contribution in [0.4, 0.5) is 0 Å². The Morgan fingerprint density at radius 3 is 2.76 bits per heavy atom. The summed E-state index contributed by atoms with van der Waals surface area (Å²) in [5.41, 5.74) is 3.92. The molecule has 1 saturated heterocycles. The largest absolute Gasteiger partial charge is 0.361 e. The van der Waals surface area contributed by atoms with Gasteiger partial charge in [-0.2, -0.15) is 5.10 Å². The van der Waals surface area contributed by atoms with E-state index in [-0.39, 0.29) is 11.5 Å². The molecule has 7 heteroatoms. The quantitative estimate of drug-likeness (QED) is 0.734. The summed E-state index contributed by atoms with van der Waals surface area (Å²) < 4.78 is 1.60. The van der Waals surface area contributed by atoms with Crippen molar-refractivity contribution in [2.24, 2.45) is 0 Å². The third-order valence-corrected chi connectivity index (χ3v) is 6.11. The van der Waals surface area contributed by atoms with Gasteiger partial charge in [0.15, 0.2) is 0 Å². The molecular formula is C22H25N5O2. The number of benzene rings is 1. The number of nitrogens with one attached hydrogen (secondary N) is 1. The van der Waals surface area contributed by atoms with E-state index < -0.39 is 0 Å². The van der Waals surface area contributed by atoms with Crippen molar-refractivity contribution in [1.29, 1.82) is 0 Å². The van der Waals surface area contributed by atoms with E-state index in [9.17, 15) is 9.59 Å². The first-order valence-electron chi connectivity index (χ1n) is 10.4. The van der Waals surface area contributed by atoms with Crippen molar-refractivity contribution in [1.82, 2.24) is 24.6 Å². The van der Waals surface area contributed by atoms with Gasteiger partial charge in [-0.1, -0.05) is 6.07 Å². The Kier molecular flexibility index (Phi) is 4.67. The fourth-order valence-electron chi connectivity index (χ4n) is 4.37. The lowest BCUT2D eigenvalue weighted by atomic mass is 10.1. The third-order valence-electron chi connectivity index (χ3n) is 6.11. The summed E-state index contributed by atoms with van der Waals surface area (Å²) in [7, 11) is 0. The van der Waals surface area contributed by atoms with E-state index in [1.807, 2.05) is 35.4 Å². The molecule has 2 aromatic heterocycles. The Labute approximate surface area is 168 Å². The number of amides is 1. The maximum atomic E-state index is 12.8. The Hall–Kier alpha value is -2.93. The van der Waals surface area contributed by atoms with Crippen LogP contribution in [0.15, 0.2) is 41.3 Å². The smallest absolute Gasteiger partial charge is 0.267 e. The Morgan fingerprint density at radius 2 is 1.90 bits per heavy atom. The molecule has 5 rings (SSSR count). The highest BCUT2D eigenvalue weighted by Crippen LogP contribution is 2.18. The molecule has 2 aliphatic rings. The van der Waals surface area contributed by atoms with E-state index in [4.69, 9.17) is 0 Å². The fourth-order valence-corrected chi connectivity index (χ4v) is 4.37. The van der Waals surface area contributed by atoms with E-state index in [1.54, 1.807) is 10.7 Å². The summed E-state index contributed by atoms with van der Waals surface area (Å²) in [5.74, 6) is 0.0812. The zero-order valence-electron chi connectivity index (χ0n) is 16.4. The fraction of sp³-hybridized carbons (Fsp3) is 0.409. The molecule has 3 aromatic rings. The molecule has 0 spiro atoms. The lowest BCUT2D eigenvalue weighted by Gasteiger charge is -2.34. The van der Waals surface area contributed by atoms with Gasteiger partial charge < -0.3 is 9.88 Å². The number of carbonyl (C=O) groups is 1. The maximum absolute atomic E-state index is 12.8. The first-order chi connectivity index (χ1) is 14.2. The lowest BCUT2D eigenvalue weighted by Crippen LogP contribution is -2.49. The average Bonchev–Trinajstić information content (AvgIpc) is 3.40. The van der Waals surface area contributed by atoms with Crippen molar-refractivity contribution >= 4 is 16.8 Å². The zero-order chi connectivity index (χ0) is 19.8. The molecule has 1 amide bonds. The molecule has 29 heavy (non-hydrogen) atoms. The predicted molar refractivity (Wildman–Crippen MR) is 111 cm³/mol. The molecule has 0 atom stereocenters. The van der Waals surface area contributed by atoms with E-state index in [0.29, 0.717) is 19.6 Å². The first kappa shape index (κ1) is 18.1. The molecule has 0 bridgehead atoms. The summed E-state index contributed by atoms with van der Waals surface area (Å²) in [4.78, 5) is 32.5. The topological polar surface area (TPSA) is 74.2 Å². The van der Waals surface area contributed by atoms with Crippen LogP contribution in [-0.2, 0) is 19.4 Å². The van der Waals surface area contributed by atoms with Gasteiger partial charge in [-0.25, -0.2) is 4.68 Å². The number of aromatic nitrogens is 3. The number of aromatic amines is 1. The minimum Gasteiger partial charge on any atom is -0.361 e. The van der Waals surface area contributed by atoms with Gasteiger partial charge in [-0.3, -0.25) is 14.5 Å². The molecule has 150 valence electrons. The lowest BCUT2D eigenvalue weighted by molar-refractivity contribution is 0.0631. The first-order valence-corrected chi connectivity index (χ1v) is 10.4. The van der Waals surface area contributed by atoms with Gasteiger partial charge in [0.25, 0.3) is 11.5 Å². The van der Waals surface area contributed by atoms with Crippen molar-refractivity contribution in [2.75, 3.05) is 32.7 Å². The molecule has 0 radical (unpaired) electrons. The van der Waals surface area contributed by atoms with Gasteiger partial charge >= 0.3 is 0 Å². The summed E-state index contributed by atoms with van der Waals surface area (Å²) in [5, 5.41) is 5.66. The minimum atomic E-state index is -0.000766. The monoisotopic (exact) mass is 391 g/mol.